The largest absolute Gasteiger partial charge is 0.454 e. The van der Waals surface area contributed by atoms with Crippen molar-refractivity contribution in [2.24, 2.45) is 0 Å². The highest BCUT2D eigenvalue weighted by Gasteiger charge is 2.40. The van der Waals surface area contributed by atoms with Crippen molar-refractivity contribution >= 4 is 33.0 Å². The smallest absolute Gasteiger partial charge is 0.244 e. The van der Waals surface area contributed by atoms with Gasteiger partial charge in [0.1, 0.15) is 6.54 Å². The highest BCUT2D eigenvalue weighted by molar-refractivity contribution is 7.92. The molecule has 3 aromatic carbocycles. The van der Waals surface area contributed by atoms with Crippen LogP contribution in [0.25, 0.3) is 0 Å². The van der Waals surface area contributed by atoms with Crippen LogP contribution < -0.4 is 19.7 Å². The summed E-state index contributed by atoms with van der Waals surface area (Å²) in [7, 11) is -3.95. The summed E-state index contributed by atoms with van der Waals surface area (Å²) in [5, 5.41) is 1.70. The Bertz CT molecular complexity index is 1440. The van der Waals surface area contributed by atoms with Crippen LogP contribution in [0.2, 0.25) is 0 Å². The van der Waals surface area contributed by atoms with Crippen LogP contribution >= 0.6 is 0 Å². The number of unbranched alkanes of at least 4 members (excludes halogenated alkanes) is 1. The normalized spacial score (nSPS) is 17.7. The van der Waals surface area contributed by atoms with Crippen molar-refractivity contribution < 1.29 is 27.5 Å². The zero-order valence-electron chi connectivity index (χ0n) is 20.5. The lowest BCUT2D eigenvalue weighted by molar-refractivity contribution is -0.121. The van der Waals surface area contributed by atoms with E-state index in [9.17, 15) is 18.0 Å². The number of anilines is 2. The maximum absolute atomic E-state index is 13.7. The highest BCUT2D eigenvalue weighted by atomic mass is 32.2. The van der Waals surface area contributed by atoms with Crippen LogP contribution in [-0.4, -0.2) is 33.6 Å². The van der Waals surface area contributed by atoms with Crippen molar-refractivity contribution in [3.05, 3.63) is 77.9 Å². The fourth-order valence-electron chi connectivity index (χ4n) is 4.65. The van der Waals surface area contributed by atoms with Gasteiger partial charge in [-0.1, -0.05) is 43.7 Å². The van der Waals surface area contributed by atoms with Crippen LogP contribution in [0.15, 0.2) is 71.6 Å². The van der Waals surface area contributed by atoms with Crippen molar-refractivity contribution in [1.29, 1.82) is 0 Å². The Morgan fingerprint density at radius 2 is 1.78 bits per heavy atom. The third-order valence-corrected chi connectivity index (χ3v) is 8.77. The minimum absolute atomic E-state index is 0.0107. The van der Waals surface area contributed by atoms with Crippen molar-refractivity contribution in [3.63, 3.8) is 0 Å². The number of para-hydroxylation sites is 1. The van der Waals surface area contributed by atoms with E-state index < -0.39 is 26.9 Å². The first-order valence-corrected chi connectivity index (χ1v) is 13.8. The van der Waals surface area contributed by atoms with Crippen LogP contribution in [0.4, 0.5) is 11.4 Å². The van der Waals surface area contributed by atoms with E-state index in [1.54, 1.807) is 36.4 Å². The molecule has 0 radical (unpaired) electrons. The molecule has 2 aliphatic rings. The summed E-state index contributed by atoms with van der Waals surface area (Å²) in [6.07, 6.45) is 2.87. The number of carbonyl (C=O) groups excluding carboxylic acids is 2. The predicted molar refractivity (Wildman–Crippen MR) is 140 cm³/mol. The van der Waals surface area contributed by atoms with Gasteiger partial charge in [0.15, 0.2) is 21.3 Å². The number of hydrogen-bond acceptors (Lipinski definition) is 6. The summed E-state index contributed by atoms with van der Waals surface area (Å²) >= 11 is 0. The number of nitrogens with one attached hydrogen (secondary N) is 1. The monoisotopic (exact) mass is 520 g/mol. The third-order valence-electron chi connectivity index (χ3n) is 6.63. The Balaban J connectivity index is 1.40. The Labute approximate surface area is 216 Å². The average Bonchev–Trinajstić information content (AvgIpc) is 3.35. The number of carbonyl (C=O) groups is 2. The molecule has 0 fully saturated rings. The Kier molecular flexibility index (Phi) is 6.88. The SMILES string of the molecule is CCCCc1ccc(NC(=O)CN2C(=O)CC(c3ccc4c(c3)OCO4)S(=O)(=O)c3ccccc32)cc1. The van der Waals surface area contributed by atoms with E-state index in [0.29, 0.717) is 22.7 Å². The van der Waals surface area contributed by atoms with Crippen LogP contribution in [0.5, 0.6) is 11.5 Å². The fraction of sp³-hybridized carbons (Fsp3) is 0.286. The maximum atomic E-state index is 13.7. The third kappa shape index (κ3) is 5.04. The van der Waals surface area contributed by atoms with Gasteiger partial charge in [0, 0.05) is 12.1 Å². The topological polar surface area (TPSA) is 102 Å². The van der Waals surface area contributed by atoms with Gasteiger partial charge < -0.3 is 19.7 Å². The second-order valence-corrected chi connectivity index (χ2v) is 11.2. The molecule has 0 aliphatic carbocycles. The lowest BCUT2D eigenvalue weighted by Gasteiger charge is -2.22. The number of hydrogen-bond donors (Lipinski definition) is 1. The van der Waals surface area contributed by atoms with Gasteiger partial charge in [0.25, 0.3) is 0 Å². The van der Waals surface area contributed by atoms with Crippen LogP contribution in [0.1, 0.15) is 42.6 Å². The molecule has 0 spiro atoms. The van der Waals surface area contributed by atoms with E-state index >= 15 is 0 Å². The van der Waals surface area contributed by atoms with Crippen molar-refractivity contribution in [1.82, 2.24) is 0 Å². The first-order chi connectivity index (χ1) is 17.9. The molecule has 3 aromatic rings. The van der Waals surface area contributed by atoms with Gasteiger partial charge in [-0.3, -0.25) is 9.59 Å². The molecule has 2 amide bonds. The molecule has 5 rings (SSSR count). The summed E-state index contributed by atoms with van der Waals surface area (Å²) in [5.41, 5.74) is 2.44. The molecule has 9 heteroatoms. The number of nitrogens with zero attached hydrogens (tertiary/aromatic N) is 1. The summed E-state index contributed by atoms with van der Waals surface area (Å²) < 4.78 is 38.3. The van der Waals surface area contributed by atoms with Crippen molar-refractivity contribution in [2.45, 2.75) is 42.8 Å². The second kappa shape index (κ2) is 10.3. The van der Waals surface area contributed by atoms with Gasteiger partial charge in [-0.15, -0.1) is 0 Å². The summed E-state index contributed by atoms with van der Waals surface area (Å²) in [5.74, 6) is 0.0949. The summed E-state index contributed by atoms with van der Waals surface area (Å²) in [6.45, 7) is 1.89. The minimum atomic E-state index is -3.95. The van der Waals surface area contributed by atoms with Crippen LogP contribution in [0.3, 0.4) is 0 Å². The molecule has 1 atom stereocenters. The van der Waals surface area contributed by atoms with E-state index in [1.807, 2.05) is 24.3 Å². The number of sulfone groups is 1. The Hall–Kier alpha value is -3.85. The second-order valence-electron chi connectivity index (χ2n) is 9.15. The number of amides is 2. The lowest BCUT2D eigenvalue weighted by atomic mass is 10.1. The highest BCUT2D eigenvalue weighted by Crippen LogP contribution is 2.43. The Morgan fingerprint density at radius 3 is 2.57 bits per heavy atom. The van der Waals surface area contributed by atoms with Gasteiger partial charge in [0.05, 0.1) is 15.8 Å². The van der Waals surface area contributed by atoms with E-state index in [1.165, 1.54) is 16.5 Å². The van der Waals surface area contributed by atoms with E-state index in [4.69, 9.17) is 9.47 Å². The zero-order chi connectivity index (χ0) is 26.0. The molecule has 0 saturated carbocycles. The van der Waals surface area contributed by atoms with Gasteiger partial charge in [-0.25, -0.2) is 8.42 Å². The Morgan fingerprint density at radius 1 is 1.03 bits per heavy atom. The van der Waals surface area contributed by atoms with E-state index in [2.05, 4.69) is 12.2 Å². The van der Waals surface area contributed by atoms with E-state index in [0.717, 1.165) is 19.3 Å². The molecule has 37 heavy (non-hydrogen) atoms. The molecule has 192 valence electrons. The number of ether oxygens (including phenoxy) is 2. The molecule has 1 N–H and O–H groups in total. The predicted octanol–water partition coefficient (Wildman–Crippen LogP) is 4.65. The number of aryl methyl sites for hydroxylation is 1. The molecular weight excluding hydrogens is 492 g/mol. The number of benzene rings is 3. The van der Waals surface area contributed by atoms with Crippen molar-refractivity contribution in [2.75, 3.05) is 23.6 Å². The molecular formula is C28H28N2O6S. The fourth-order valence-corrected chi connectivity index (χ4v) is 6.56. The molecule has 0 aromatic heterocycles. The minimum Gasteiger partial charge on any atom is -0.454 e. The van der Waals surface area contributed by atoms with Gasteiger partial charge in [-0.05, 0) is 60.4 Å². The number of rotatable bonds is 7. The first-order valence-electron chi connectivity index (χ1n) is 12.3. The van der Waals surface area contributed by atoms with Crippen molar-refractivity contribution in [3.8, 4) is 11.5 Å². The average molecular weight is 521 g/mol. The van der Waals surface area contributed by atoms with Crippen LogP contribution in [0, 0.1) is 0 Å². The first kappa shape index (κ1) is 24.8. The van der Waals surface area contributed by atoms with Crippen LogP contribution in [-0.2, 0) is 25.8 Å². The quantitative estimate of drug-likeness (QED) is 0.487. The van der Waals surface area contributed by atoms with E-state index in [-0.39, 0.29) is 30.3 Å². The maximum Gasteiger partial charge on any atom is 0.244 e. The number of fused-ring (bicyclic) bond motifs is 2. The van der Waals surface area contributed by atoms with Gasteiger partial charge in [0.2, 0.25) is 18.6 Å². The molecule has 0 bridgehead atoms. The molecule has 1 unspecified atom stereocenters. The molecule has 8 nitrogen and oxygen atoms in total. The van der Waals surface area contributed by atoms with Gasteiger partial charge in [-0.2, -0.15) is 0 Å². The molecule has 2 aliphatic heterocycles. The standard InChI is InChI=1S/C28H28N2O6S/c1-2-3-6-19-9-12-21(13-10-19)29-27(31)17-30-22-7-4-5-8-25(22)37(33,34)26(16-28(30)32)20-11-14-23-24(15-20)36-18-35-23/h4-5,7-15,26H,2-3,6,16-18H2,1H3,(H,29,31). The van der Waals surface area contributed by atoms with Gasteiger partial charge >= 0.3 is 0 Å². The lowest BCUT2D eigenvalue weighted by Crippen LogP contribution is -2.38. The summed E-state index contributed by atoms with van der Waals surface area (Å²) in [6, 6.07) is 18.8. The zero-order valence-corrected chi connectivity index (χ0v) is 21.3. The molecule has 2 heterocycles. The molecule has 0 saturated heterocycles. The summed E-state index contributed by atoms with van der Waals surface area (Å²) in [4.78, 5) is 27.7.